The molecule has 19 heavy (non-hydrogen) atoms. The topological polar surface area (TPSA) is 35.5 Å². The summed E-state index contributed by atoms with van der Waals surface area (Å²) in [4.78, 5) is 11.7. The average Bonchev–Trinajstić information content (AvgIpc) is 2.47. The van der Waals surface area contributed by atoms with E-state index in [2.05, 4.69) is 22.6 Å². The Morgan fingerprint density at radius 1 is 1.16 bits per heavy atom. The minimum atomic E-state index is -0.211. The predicted octanol–water partition coefficient (Wildman–Crippen LogP) is 3.54. The van der Waals surface area contributed by atoms with Crippen LogP contribution in [0.25, 0.3) is 10.8 Å². The van der Waals surface area contributed by atoms with Crippen LogP contribution in [0.3, 0.4) is 0 Å². The summed E-state index contributed by atoms with van der Waals surface area (Å²) in [6, 6.07) is 11.9. The molecule has 0 bridgehead atoms. The summed E-state index contributed by atoms with van der Waals surface area (Å²) < 4.78 is 10.7. The van der Waals surface area contributed by atoms with E-state index >= 15 is 0 Å². The highest BCUT2D eigenvalue weighted by Gasteiger charge is 2.20. The molecule has 0 amide bonds. The maximum atomic E-state index is 11.7. The van der Waals surface area contributed by atoms with Crippen LogP contribution >= 0.6 is 22.6 Å². The van der Waals surface area contributed by atoms with Crippen LogP contribution in [0, 0.1) is 0 Å². The second kappa shape index (κ2) is 6.23. The first-order chi connectivity index (χ1) is 9.19. The molecule has 100 valence electrons. The number of esters is 1. The second-order valence-corrected chi connectivity index (χ2v) is 5.08. The van der Waals surface area contributed by atoms with Gasteiger partial charge in [0.15, 0.2) is 0 Å². The lowest BCUT2D eigenvalue weighted by Crippen LogP contribution is -2.15. The lowest BCUT2D eigenvalue weighted by atomic mass is 9.98. The van der Waals surface area contributed by atoms with E-state index in [1.807, 2.05) is 36.4 Å². The van der Waals surface area contributed by atoms with Gasteiger partial charge in [-0.1, -0.05) is 46.9 Å². The largest absolute Gasteiger partial charge is 0.497 e. The lowest BCUT2D eigenvalue weighted by Gasteiger charge is -2.13. The van der Waals surface area contributed by atoms with Crippen molar-refractivity contribution in [1.82, 2.24) is 0 Å². The van der Waals surface area contributed by atoms with Gasteiger partial charge in [0.25, 0.3) is 0 Å². The Bertz CT molecular complexity index is 595. The Balaban J connectivity index is 2.43. The number of rotatable bonds is 4. The fourth-order valence-electron chi connectivity index (χ4n) is 2.02. The van der Waals surface area contributed by atoms with Crippen molar-refractivity contribution >= 4 is 39.3 Å². The highest BCUT2D eigenvalue weighted by Crippen LogP contribution is 2.26. The summed E-state index contributed by atoms with van der Waals surface area (Å²) in [6.07, 6.45) is 0. The monoisotopic (exact) mass is 370 g/mol. The van der Waals surface area contributed by atoms with Crippen molar-refractivity contribution in [3.63, 3.8) is 0 Å². The number of methoxy groups -OCH3 is 2. The van der Waals surface area contributed by atoms with Crippen molar-refractivity contribution in [2.45, 2.75) is 5.92 Å². The van der Waals surface area contributed by atoms with Gasteiger partial charge in [-0.3, -0.25) is 4.79 Å². The molecule has 0 radical (unpaired) electrons. The Labute approximate surface area is 126 Å². The number of benzene rings is 2. The van der Waals surface area contributed by atoms with Crippen LogP contribution in [0.15, 0.2) is 36.4 Å². The van der Waals surface area contributed by atoms with Gasteiger partial charge in [0.2, 0.25) is 0 Å². The smallest absolute Gasteiger partial charge is 0.313 e. The third kappa shape index (κ3) is 3.00. The van der Waals surface area contributed by atoms with E-state index in [9.17, 15) is 4.79 Å². The third-order valence-corrected chi connectivity index (χ3v) is 3.99. The van der Waals surface area contributed by atoms with Crippen molar-refractivity contribution in [1.29, 1.82) is 0 Å². The maximum absolute atomic E-state index is 11.7. The first-order valence-corrected chi connectivity index (χ1v) is 7.43. The Kier molecular flexibility index (Phi) is 4.63. The first kappa shape index (κ1) is 14.1. The summed E-state index contributed by atoms with van der Waals surface area (Å²) >= 11 is 2.21. The van der Waals surface area contributed by atoms with E-state index in [1.54, 1.807) is 7.11 Å². The molecule has 0 spiro atoms. The molecule has 2 aromatic rings. The van der Waals surface area contributed by atoms with Gasteiger partial charge in [-0.25, -0.2) is 0 Å². The zero-order valence-corrected chi connectivity index (χ0v) is 13.0. The number of hydrogen-bond acceptors (Lipinski definition) is 3. The Morgan fingerprint density at radius 3 is 2.47 bits per heavy atom. The van der Waals surface area contributed by atoms with Crippen molar-refractivity contribution in [2.24, 2.45) is 0 Å². The van der Waals surface area contributed by atoms with Crippen LogP contribution in [0.5, 0.6) is 5.75 Å². The normalized spacial score (nSPS) is 12.2. The molecule has 0 aromatic heterocycles. The summed E-state index contributed by atoms with van der Waals surface area (Å²) in [5.74, 6) is 0.429. The molecule has 0 N–H and O–H groups in total. The lowest BCUT2D eigenvalue weighted by molar-refractivity contribution is -0.141. The molecule has 2 aromatic carbocycles. The van der Waals surface area contributed by atoms with Crippen LogP contribution in [0.4, 0.5) is 0 Å². The number of ether oxygens (including phenoxy) is 2. The van der Waals surface area contributed by atoms with Gasteiger partial charge in [0.1, 0.15) is 5.75 Å². The van der Waals surface area contributed by atoms with Crippen LogP contribution < -0.4 is 4.74 Å². The minimum absolute atomic E-state index is 0.192. The fourth-order valence-corrected chi connectivity index (χ4v) is 2.88. The summed E-state index contributed by atoms with van der Waals surface area (Å²) in [5.41, 5.74) is 0.985. The summed E-state index contributed by atoms with van der Waals surface area (Å²) in [7, 11) is 3.08. The van der Waals surface area contributed by atoms with E-state index in [0.29, 0.717) is 4.43 Å². The molecule has 0 heterocycles. The van der Waals surface area contributed by atoms with E-state index in [4.69, 9.17) is 9.47 Å². The van der Waals surface area contributed by atoms with Crippen molar-refractivity contribution < 1.29 is 14.3 Å². The summed E-state index contributed by atoms with van der Waals surface area (Å²) in [5, 5.41) is 2.19. The van der Waals surface area contributed by atoms with Crippen molar-refractivity contribution in [3.8, 4) is 5.75 Å². The van der Waals surface area contributed by atoms with Gasteiger partial charge in [0.05, 0.1) is 20.1 Å². The van der Waals surface area contributed by atoms with E-state index in [-0.39, 0.29) is 11.9 Å². The van der Waals surface area contributed by atoms with Crippen molar-refractivity contribution in [2.75, 3.05) is 18.6 Å². The molecule has 0 aliphatic carbocycles. The van der Waals surface area contributed by atoms with E-state index < -0.39 is 0 Å². The molecule has 0 fully saturated rings. The molecule has 1 unspecified atom stereocenters. The third-order valence-electron chi connectivity index (χ3n) is 3.11. The molecule has 1 atom stereocenters. The zero-order valence-electron chi connectivity index (χ0n) is 10.9. The van der Waals surface area contributed by atoms with Crippen LogP contribution in [0.2, 0.25) is 0 Å². The van der Waals surface area contributed by atoms with Gasteiger partial charge < -0.3 is 9.47 Å². The van der Waals surface area contributed by atoms with Gasteiger partial charge >= 0.3 is 5.97 Å². The molecule has 0 saturated carbocycles. The van der Waals surface area contributed by atoms with Crippen LogP contribution in [-0.4, -0.2) is 24.6 Å². The van der Waals surface area contributed by atoms with Gasteiger partial charge in [-0.15, -0.1) is 0 Å². The summed E-state index contributed by atoms with van der Waals surface area (Å²) in [6.45, 7) is 0. The first-order valence-electron chi connectivity index (χ1n) is 5.91. The van der Waals surface area contributed by atoms with E-state index in [0.717, 1.165) is 22.1 Å². The Morgan fingerprint density at radius 2 is 1.84 bits per heavy atom. The molecule has 2 rings (SSSR count). The maximum Gasteiger partial charge on any atom is 0.313 e. The van der Waals surface area contributed by atoms with Crippen LogP contribution in [-0.2, 0) is 9.53 Å². The molecule has 4 heteroatoms. The van der Waals surface area contributed by atoms with Gasteiger partial charge in [-0.05, 0) is 28.5 Å². The number of halogens is 1. The van der Waals surface area contributed by atoms with Gasteiger partial charge in [-0.2, -0.15) is 0 Å². The SMILES string of the molecule is COC(=O)C(CI)c1ccc2cc(OC)ccc2c1. The molecule has 0 saturated heterocycles. The minimum Gasteiger partial charge on any atom is -0.497 e. The number of carbonyl (C=O) groups is 1. The fraction of sp³-hybridized carbons (Fsp3) is 0.267. The number of hydrogen-bond donors (Lipinski definition) is 0. The van der Waals surface area contributed by atoms with Crippen LogP contribution in [0.1, 0.15) is 11.5 Å². The average molecular weight is 370 g/mol. The number of alkyl halides is 1. The van der Waals surface area contributed by atoms with E-state index in [1.165, 1.54) is 7.11 Å². The second-order valence-electron chi connectivity index (χ2n) is 4.20. The number of fused-ring (bicyclic) bond motifs is 1. The number of carbonyl (C=O) groups excluding carboxylic acids is 1. The molecule has 3 nitrogen and oxygen atoms in total. The molecule has 0 aliphatic heterocycles. The zero-order chi connectivity index (χ0) is 13.8. The molecular formula is C15H15IO3. The quantitative estimate of drug-likeness (QED) is 0.469. The highest BCUT2D eigenvalue weighted by molar-refractivity contribution is 14.1. The molecular weight excluding hydrogens is 355 g/mol. The molecule has 0 aliphatic rings. The highest BCUT2D eigenvalue weighted by atomic mass is 127. The Hall–Kier alpha value is -1.30. The predicted molar refractivity (Wildman–Crippen MR) is 84.1 cm³/mol. The van der Waals surface area contributed by atoms with Crippen molar-refractivity contribution in [3.05, 3.63) is 42.0 Å². The standard InChI is InChI=1S/C15H15IO3/c1-18-13-6-5-10-7-12(4-3-11(10)8-13)14(9-16)15(17)19-2/h3-8,14H,9H2,1-2H3. The van der Waals surface area contributed by atoms with Gasteiger partial charge in [0, 0.05) is 4.43 Å².